The van der Waals surface area contributed by atoms with Crippen molar-refractivity contribution in [2.75, 3.05) is 19.0 Å². The highest BCUT2D eigenvalue weighted by molar-refractivity contribution is 5.85. The molecule has 1 atom stereocenters. The molecule has 0 bridgehead atoms. The Hall–Kier alpha value is -1.65. The maximum absolute atomic E-state index is 11.4. The zero-order valence-electron chi connectivity index (χ0n) is 11.7. The van der Waals surface area contributed by atoms with E-state index in [4.69, 9.17) is 0 Å². The number of carbonyl (C=O) groups excluding carboxylic acids is 1. The van der Waals surface area contributed by atoms with Crippen molar-refractivity contribution >= 4 is 11.8 Å². The van der Waals surface area contributed by atoms with Crippen molar-refractivity contribution in [1.29, 1.82) is 0 Å². The van der Waals surface area contributed by atoms with Crippen LogP contribution in [0.25, 0.3) is 0 Å². The monoisotopic (exact) mass is 251 g/mol. The number of carbonyl (C=O) groups is 1. The van der Waals surface area contributed by atoms with E-state index in [9.17, 15) is 4.79 Å². The van der Waals surface area contributed by atoms with Crippen LogP contribution in [0.2, 0.25) is 0 Å². The molecule has 1 aromatic heterocycles. The number of nitrogens with one attached hydrogen (secondary N) is 1. The molecule has 1 unspecified atom stereocenters. The summed E-state index contributed by atoms with van der Waals surface area (Å²) in [6, 6.07) is 1.82. The van der Waals surface area contributed by atoms with Crippen molar-refractivity contribution in [2.24, 2.45) is 11.8 Å². The quantitative estimate of drug-likeness (QED) is 0.813. The maximum atomic E-state index is 11.4. The molecule has 0 radical (unpaired) electrons. The zero-order valence-corrected chi connectivity index (χ0v) is 11.7. The topological polar surface area (TPSA) is 64.1 Å². The van der Waals surface area contributed by atoms with Crippen molar-refractivity contribution in [1.82, 2.24) is 9.97 Å². The molecule has 1 heterocycles. The van der Waals surface area contributed by atoms with Gasteiger partial charge < -0.3 is 10.1 Å². The molecule has 5 nitrogen and oxygen atoms in total. The maximum Gasteiger partial charge on any atom is 0.376 e. The van der Waals surface area contributed by atoms with Crippen LogP contribution < -0.4 is 5.32 Å². The number of nitrogens with zero attached hydrogens (tertiary/aromatic N) is 2. The average molecular weight is 251 g/mol. The smallest absolute Gasteiger partial charge is 0.376 e. The van der Waals surface area contributed by atoms with E-state index in [2.05, 4.69) is 40.8 Å². The number of aryl methyl sites for hydroxylation is 1. The average Bonchev–Trinajstić information content (AvgIpc) is 2.34. The Labute approximate surface area is 108 Å². The van der Waals surface area contributed by atoms with Crippen LogP contribution in [0, 0.1) is 18.8 Å². The highest BCUT2D eigenvalue weighted by Gasteiger charge is 2.12. The Kier molecular flexibility index (Phi) is 5.07. The van der Waals surface area contributed by atoms with Gasteiger partial charge in [-0.25, -0.2) is 14.8 Å². The van der Waals surface area contributed by atoms with Gasteiger partial charge in [0.15, 0.2) is 0 Å². The fourth-order valence-electron chi connectivity index (χ4n) is 1.34. The number of anilines is 1. The Bertz CT molecular complexity index is 419. The standard InChI is InChI=1S/C13H21N3O2/c1-8(2)9(3)7-14-11-6-10(4)15-12(16-11)13(17)18-5/h6,8-9H,7H2,1-5H3,(H,14,15,16). The highest BCUT2D eigenvalue weighted by atomic mass is 16.5. The van der Waals surface area contributed by atoms with Crippen molar-refractivity contribution in [3.05, 3.63) is 17.6 Å². The van der Waals surface area contributed by atoms with Gasteiger partial charge >= 0.3 is 5.97 Å². The van der Waals surface area contributed by atoms with Crippen LogP contribution in [0.3, 0.4) is 0 Å². The lowest BCUT2D eigenvalue weighted by atomic mass is 9.98. The van der Waals surface area contributed by atoms with Gasteiger partial charge in [0, 0.05) is 18.3 Å². The van der Waals surface area contributed by atoms with Gasteiger partial charge in [-0.15, -0.1) is 0 Å². The van der Waals surface area contributed by atoms with Crippen molar-refractivity contribution < 1.29 is 9.53 Å². The first-order chi connectivity index (χ1) is 8.43. The third kappa shape index (κ3) is 3.98. The van der Waals surface area contributed by atoms with Gasteiger partial charge in [-0.1, -0.05) is 20.8 Å². The second kappa shape index (κ2) is 6.33. The number of esters is 1. The SMILES string of the molecule is COC(=O)c1nc(C)cc(NCC(C)C(C)C)n1. The van der Waals surface area contributed by atoms with Crippen LogP contribution >= 0.6 is 0 Å². The number of methoxy groups -OCH3 is 1. The van der Waals surface area contributed by atoms with Gasteiger partial charge in [0.2, 0.25) is 5.82 Å². The first kappa shape index (κ1) is 14.4. The number of hydrogen-bond acceptors (Lipinski definition) is 5. The molecular weight excluding hydrogens is 230 g/mol. The summed E-state index contributed by atoms with van der Waals surface area (Å²) < 4.78 is 4.62. The number of aromatic nitrogens is 2. The summed E-state index contributed by atoms with van der Waals surface area (Å²) in [5.41, 5.74) is 0.741. The minimum Gasteiger partial charge on any atom is -0.463 e. The molecule has 0 fully saturated rings. The Morgan fingerprint density at radius 1 is 1.39 bits per heavy atom. The van der Waals surface area contributed by atoms with Gasteiger partial charge in [-0.3, -0.25) is 0 Å². The van der Waals surface area contributed by atoms with E-state index in [0.717, 1.165) is 12.2 Å². The molecule has 1 aromatic rings. The highest BCUT2D eigenvalue weighted by Crippen LogP contribution is 2.12. The van der Waals surface area contributed by atoms with Gasteiger partial charge in [0.25, 0.3) is 0 Å². The summed E-state index contributed by atoms with van der Waals surface area (Å²) >= 11 is 0. The van der Waals surface area contributed by atoms with Crippen LogP contribution in [0.4, 0.5) is 5.82 Å². The predicted octanol–water partition coefficient (Wildman–Crippen LogP) is 2.28. The zero-order chi connectivity index (χ0) is 13.7. The molecule has 1 N–H and O–H groups in total. The fraction of sp³-hybridized carbons (Fsp3) is 0.615. The van der Waals surface area contributed by atoms with E-state index < -0.39 is 5.97 Å². The van der Waals surface area contributed by atoms with E-state index in [1.807, 2.05) is 13.0 Å². The van der Waals surface area contributed by atoms with Crippen LogP contribution in [0.5, 0.6) is 0 Å². The summed E-state index contributed by atoms with van der Waals surface area (Å²) in [6.45, 7) is 9.17. The summed E-state index contributed by atoms with van der Waals surface area (Å²) in [5.74, 6) is 1.37. The molecule has 0 aliphatic carbocycles. The number of ether oxygens (including phenoxy) is 1. The van der Waals surface area contributed by atoms with E-state index in [1.165, 1.54) is 7.11 Å². The Balaban J connectivity index is 2.77. The van der Waals surface area contributed by atoms with Gasteiger partial charge in [-0.05, 0) is 18.8 Å². The molecule has 5 heteroatoms. The molecule has 0 saturated carbocycles. The second-order valence-electron chi connectivity index (χ2n) is 4.81. The third-order valence-corrected chi connectivity index (χ3v) is 2.97. The minimum atomic E-state index is -0.515. The van der Waals surface area contributed by atoms with E-state index in [-0.39, 0.29) is 5.82 Å². The second-order valence-corrected chi connectivity index (χ2v) is 4.81. The lowest BCUT2D eigenvalue weighted by Crippen LogP contribution is -2.18. The van der Waals surface area contributed by atoms with Crippen LogP contribution in [-0.2, 0) is 4.74 Å². The molecule has 0 saturated heterocycles. The summed E-state index contributed by atoms with van der Waals surface area (Å²) in [7, 11) is 1.32. The molecule has 0 amide bonds. The lowest BCUT2D eigenvalue weighted by molar-refractivity contribution is 0.0586. The van der Waals surface area contributed by atoms with E-state index in [1.54, 1.807) is 0 Å². The predicted molar refractivity (Wildman–Crippen MR) is 70.6 cm³/mol. The van der Waals surface area contributed by atoms with Gasteiger partial charge in [-0.2, -0.15) is 0 Å². The van der Waals surface area contributed by atoms with Crippen LogP contribution in [0.15, 0.2) is 6.07 Å². The van der Waals surface area contributed by atoms with Gasteiger partial charge in [0.1, 0.15) is 5.82 Å². The molecule has 100 valence electrons. The van der Waals surface area contributed by atoms with Crippen LogP contribution in [0.1, 0.15) is 37.1 Å². The summed E-state index contributed by atoms with van der Waals surface area (Å²) in [4.78, 5) is 19.6. The fourth-order valence-corrected chi connectivity index (χ4v) is 1.34. The molecule has 0 aliphatic heterocycles. The minimum absolute atomic E-state index is 0.0946. The first-order valence-corrected chi connectivity index (χ1v) is 6.12. The third-order valence-electron chi connectivity index (χ3n) is 2.97. The van der Waals surface area contributed by atoms with Crippen molar-refractivity contribution in [3.63, 3.8) is 0 Å². The Morgan fingerprint density at radius 2 is 2.06 bits per heavy atom. The molecule has 0 aliphatic rings. The number of rotatable bonds is 5. The van der Waals surface area contributed by atoms with Crippen molar-refractivity contribution in [2.45, 2.75) is 27.7 Å². The number of hydrogen-bond donors (Lipinski definition) is 1. The van der Waals surface area contributed by atoms with Crippen molar-refractivity contribution in [3.8, 4) is 0 Å². The van der Waals surface area contributed by atoms with E-state index in [0.29, 0.717) is 17.7 Å². The molecule has 0 spiro atoms. The van der Waals surface area contributed by atoms with E-state index >= 15 is 0 Å². The normalized spacial score (nSPS) is 12.3. The molecule has 1 rings (SSSR count). The first-order valence-electron chi connectivity index (χ1n) is 6.12. The van der Waals surface area contributed by atoms with Gasteiger partial charge in [0.05, 0.1) is 7.11 Å². The lowest BCUT2D eigenvalue weighted by Gasteiger charge is -2.16. The molecular formula is C13H21N3O2. The Morgan fingerprint density at radius 3 is 2.61 bits per heavy atom. The van der Waals surface area contributed by atoms with Crippen LogP contribution in [-0.4, -0.2) is 29.6 Å². The molecule has 18 heavy (non-hydrogen) atoms. The summed E-state index contributed by atoms with van der Waals surface area (Å²) in [5, 5.41) is 3.23. The molecule has 0 aromatic carbocycles. The largest absolute Gasteiger partial charge is 0.463 e. The summed E-state index contributed by atoms with van der Waals surface area (Å²) in [6.07, 6.45) is 0.